The van der Waals surface area contributed by atoms with Crippen LogP contribution in [0.1, 0.15) is 162 Å². The van der Waals surface area contributed by atoms with Gasteiger partial charge in [0, 0.05) is 13.0 Å². The van der Waals surface area contributed by atoms with Crippen molar-refractivity contribution in [2.24, 2.45) is 0 Å². The Bertz CT molecular complexity index is 613. The third kappa shape index (κ3) is 33.0. The molecule has 0 radical (unpaired) electrons. The minimum Gasteiger partial charge on any atom is -0.466 e. The Morgan fingerprint density at radius 3 is 1.68 bits per heavy atom. The number of aliphatic hydroxyl groups excluding tert-OH is 1. The van der Waals surface area contributed by atoms with E-state index in [1.807, 2.05) is 0 Å². The lowest BCUT2D eigenvalue weighted by atomic mass is 10.1. The minimum absolute atomic E-state index is 0.0334. The van der Waals surface area contributed by atoms with Gasteiger partial charge in [-0.25, -0.2) is 0 Å². The molecule has 1 N–H and O–H groups in total. The van der Waals surface area contributed by atoms with E-state index in [0.717, 1.165) is 64.6 Å². The van der Waals surface area contributed by atoms with Gasteiger partial charge in [-0.15, -0.1) is 0 Å². The molecule has 0 spiro atoms. The molecular formula is C37H69NO3. The molecule has 0 aromatic rings. The van der Waals surface area contributed by atoms with Gasteiger partial charge in [0.1, 0.15) is 0 Å². The van der Waals surface area contributed by atoms with Crippen LogP contribution >= 0.6 is 0 Å². The summed E-state index contributed by atoms with van der Waals surface area (Å²) in [5, 5.41) is 9.43. The summed E-state index contributed by atoms with van der Waals surface area (Å²) in [5.74, 6) is -0.0334. The van der Waals surface area contributed by atoms with Gasteiger partial charge < -0.3 is 14.7 Å². The van der Waals surface area contributed by atoms with Gasteiger partial charge in [0.15, 0.2) is 0 Å². The van der Waals surface area contributed by atoms with E-state index in [0.29, 0.717) is 13.0 Å². The highest BCUT2D eigenvalue weighted by Crippen LogP contribution is 2.11. The van der Waals surface area contributed by atoms with Crippen LogP contribution < -0.4 is 0 Å². The number of aliphatic hydroxyl groups is 1. The average Bonchev–Trinajstić information content (AvgIpc) is 2.97. The van der Waals surface area contributed by atoms with Crippen molar-refractivity contribution in [3.63, 3.8) is 0 Å². The van der Waals surface area contributed by atoms with Gasteiger partial charge in [0.2, 0.25) is 0 Å². The fourth-order valence-corrected chi connectivity index (χ4v) is 4.96. The van der Waals surface area contributed by atoms with Crippen molar-refractivity contribution in [1.29, 1.82) is 0 Å². The fourth-order valence-electron chi connectivity index (χ4n) is 4.96. The Kier molecular flexibility index (Phi) is 33.6. The van der Waals surface area contributed by atoms with Crippen LogP contribution in [0.5, 0.6) is 0 Å². The number of ether oxygens (including phenoxy) is 1. The summed E-state index contributed by atoms with van der Waals surface area (Å²) in [6.07, 6.45) is 40.8. The van der Waals surface area contributed by atoms with Crippen molar-refractivity contribution in [2.75, 3.05) is 32.8 Å². The van der Waals surface area contributed by atoms with Crippen LogP contribution in [-0.2, 0) is 9.53 Å². The second kappa shape index (κ2) is 34.8. The average molecular weight is 576 g/mol. The second-order valence-corrected chi connectivity index (χ2v) is 11.6. The molecule has 0 heterocycles. The standard InChI is InChI=1S/C37H69NO3/c1-3-5-7-9-11-12-13-14-15-16-17-18-19-20-24-28-32-38(34-35-39)33-29-25-22-23-27-31-37(40)41-36-30-26-21-10-8-6-4-2/h8,10-12,14-15,39H,3-7,9,13,16-36H2,1-2H3/b10-8+,12-11-,15-14-. The Morgan fingerprint density at radius 2 is 1.07 bits per heavy atom. The molecule has 0 rings (SSSR count). The minimum atomic E-state index is -0.0334. The van der Waals surface area contributed by atoms with Crippen LogP contribution in [0.4, 0.5) is 0 Å². The number of hydrogen-bond acceptors (Lipinski definition) is 4. The molecule has 0 bridgehead atoms. The molecule has 0 aliphatic heterocycles. The molecule has 0 aromatic heterocycles. The molecule has 0 saturated heterocycles. The summed E-state index contributed by atoms with van der Waals surface area (Å²) in [6.45, 7) is 8.24. The number of allylic oxidation sites excluding steroid dienone is 6. The Hall–Kier alpha value is -1.39. The van der Waals surface area contributed by atoms with Crippen molar-refractivity contribution in [1.82, 2.24) is 4.90 Å². The molecule has 0 aliphatic rings. The smallest absolute Gasteiger partial charge is 0.305 e. The fraction of sp³-hybridized carbons (Fsp3) is 0.811. The molecule has 0 amide bonds. The van der Waals surface area contributed by atoms with E-state index >= 15 is 0 Å². The third-order valence-corrected chi connectivity index (χ3v) is 7.60. The van der Waals surface area contributed by atoms with Gasteiger partial charge in [0.25, 0.3) is 0 Å². The van der Waals surface area contributed by atoms with Crippen LogP contribution in [-0.4, -0.2) is 48.8 Å². The third-order valence-electron chi connectivity index (χ3n) is 7.60. The van der Waals surface area contributed by atoms with Crippen molar-refractivity contribution >= 4 is 5.97 Å². The van der Waals surface area contributed by atoms with E-state index in [1.54, 1.807) is 0 Å². The van der Waals surface area contributed by atoms with Crippen LogP contribution in [0.15, 0.2) is 36.5 Å². The summed E-state index contributed by atoms with van der Waals surface area (Å²) in [6, 6.07) is 0. The predicted octanol–water partition coefficient (Wildman–Crippen LogP) is 10.5. The van der Waals surface area contributed by atoms with E-state index in [2.05, 4.69) is 55.2 Å². The summed E-state index contributed by atoms with van der Waals surface area (Å²) in [4.78, 5) is 14.3. The van der Waals surface area contributed by atoms with Crippen molar-refractivity contribution in [2.45, 2.75) is 162 Å². The van der Waals surface area contributed by atoms with Gasteiger partial charge in [-0.1, -0.05) is 115 Å². The lowest BCUT2D eigenvalue weighted by Gasteiger charge is -2.21. The van der Waals surface area contributed by atoms with E-state index < -0.39 is 0 Å². The molecule has 0 aliphatic carbocycles. The van der Waals surface area contributed by atoms with Crippen molar-refractivity contribution in [3.8, 4) is 0 Å². The van der Waals surface area contributed by atoms with E-state index in [9.17, 15) is 9.90 Å². The molecule has 0 unspecified atom stereocenters. The largest absolute Gasteiger partial charge is 0.466 e. The molecule has 0 fully saturated rings. The quantitative estimate of drug-likeness (QED) is 0.0492. The zero-order valence-corrected chi connectivity index (χ0v) is 27.5. The van der Waals surface area contributed by atoms with Crippen LogP contribution in [0, 0.1) is 0 Å². The molecule has 0 saturated carbocycles. The molecule has 4 heteroatoms. The first-order valence-electron chi connectivity index (χ1n) is 17.7. The van der Waals surface area contributed by atoms with Crippen molar-refractivity contribution < 1.29 is 14.6 Å². The zero-order chi connectivity index (χ0) is 29.9. The molecule has 0 aromatic carbocycles. The lowest BCUT2D eigenvalue weighted by molar-refractivity contribution is -0.143. The first kappa shape index (κ1) is 39.6. The highest BCUT2D eigenvalue weighted by Gasteiger charge is 2.05. The van der Waals surface area contributed by atoms with Crippen LogP contribution in [0.2, 0.25) is 0 Å². The topological polar surface area (TPSA) is 49.8 Å². The van der Waals surface area contributed by atoms with E-state index in [4.69, 9.17) is 4.74 Å². The number of carbonyl (C=O) groups is 1. The second-order valence-electron chi connectivity index (χ2n) is 11.6. The number of hydrogen-bond donors (Lipinski definition) is 1. The van der Waals surface area contributed by atoms with E-state index in [-0.39, 0.29) is 12.6 Å². The summed E-state index contributed by atoms with van der Waals surface area (Å²) >= 11 is 0. The number of esters is 1. The number of unbranched alkanes of at least 4 members (excludes halogenated alkanes) is 16. The molecule has 0 atom stereocenters. The predicted molar refractivity (Wildman–Crippen MR) is 179 cm³/mol. The number of carbonyl (C=O) groups excluding carboxylic acids is 1. The van der Waals surface area contributed by atoms with E-state index in [1.165, 1.54) is 96.3 Å². The zero-order valence-electron chi connectivity index (χ0n) is 27.5. The maximum atomic E-state index is 11.9. The Balaban J connectivity index is 3.55. The van der Waals surface area contributed by atoms with Gasteiger partial charge in [-0.3, -0.25) is 4.79 Å². The number of rotatable bonds is 32. The summed E-state index contributed by atoms with van der Waals surface area (Å²) in [5.41, 5.74) is 0. The summed E-state index contributed by atoms with van der Waals surface area (Å²) < 4.78 is 5.36. The van der Waals surface area contributed by atoms with Crippen LogP contribution in [0.25, 0.3) is 0 Å². The molecule has 240 valence electrons. The van der Waals surface area contributed by atoms with Gasteiger partial charge >= 0.3 is 5.97 Å². The normalized spacial score (nSPS) is 12.1. The van der Waals surface area contributed by atoms with Crippen LogP contribution in [0.3, 0.4) is 0 Å². The highest BCUT2D eigenvalue weighted by atomic mass is 16.5. The molecule has 41 heavy (non-hydrogen) atoms. The van der Waals surface area contributed by atoms with Gasteiger partial charge in [0.05, 0.1) is 13.2 Å². The Labute approximate surface area is 256 Å². The maximum Gasteiger partial charge on any atom is 0.305 e. The van der Waals surface area contributed by atoms with Gasteiger partial charge in [-0.2, -0.15) is 0 Å². The van der Waals surface area contributed by atoms with Crippen molar-refractivity contribution in [3.05, 3.63) is 36.5 Å². The lowest BCUT2D eigenvalue weighted by Crippen LogP contribution is -2.29. The summed E-state index contributed by atoms with van der Waals surface area (Å²) in [7, 11) is 0. The maximum absolute atomic E-state index is 11.9. The Morgan fingerprint density at radius 1 is 0.561 bits per heavy atom. The highest BCUT2D eigenvalue weighted by molar-refractivity contribution is 5.69. The van der Waals surface area contributed by atoms with Gasteiger partial charge in [-0.05, 0) is 90.1 Å². The SMILES string of the molecule is CCC/C=C/CCCCOC(=O)CCCCCCCN(CCO)CCCCCCCC/C=C\C/C=C\CCCCC. The number of nitrogens with zero attached hydrogens (tertiary/aromatic N) is 1. The molecule has 4 nitrogen and oxygen atoms in total. The first-order valence-corrected chi connectivity index (χ1v) is 17.7. The first-order chi connectivity index (χ1) is 20.2. The molecular weight excluding hydrogens is 506 g/mol. The monoisotopic (exact) mass is 576 g/mol.